The highest BCUT2D eigenvalue weighted by atomic mass is 16.5. The zero-order chi connectivity index (χ0) is 19.2. The fourth-order valence-corrected chi connectivity index (χ4v) is 3.19. The molecule has 2 heterocycles. The third kappa shape index (κ3) is 4.56. The summed E-state index contributed by atoms with van der Waals surface area (Å²) < 4.78 is 5.86. The van der Waals surface area contributed by atoms with Gasteiger partial charge in [0.2, 0.25) is 5.88 Å². The minimum atomic E-state index is 0.628. The van der Waals surface area contributed by atoms with Crippen molar-refractivity contribution in [3.63, 3.8) is 0 Å². The maximum absolute atomic E-state index is 5.86. The monoisotopic (exact) mass is 372 g/mol. The second kappa shape index (κ2) is 8.67. The van der Waals surface area contributed by atoms with Gasteiger partial charge in [-0.05, 0) is 37.2 Å². The van der Waals surface area contributed by atoms with E-state index < -0.39 is 0 Å². The summed E-state index contributed by atoms with van der Waals surface area (Å²) >= 11 is 0. The quantitative estimate of drug-likeness (QED) is 0.462. The molecule has 0 atom stereocenters. The predicted molar refractivity (Wildman–Crippen MR) is 112 cm³/mol. The largest absolute Gasteiger partial charge is 0.478 e. The molecule has 0 amide bonds. The molecular formula is C23H24N4O. The van der Waals surface area contributed by atoms with Crippen molar-refractivity contribution < 1.29 is 4.74 Å². The van der Waals surface area contributed by atoms with E-state index in [2.05, 4.69) is 51.2 Å². The summed E-state index contributed by atoms with van der Waals surface area (Å²) in [6.45, 7) is 2.55. The van der Waals surface area contributed by atoms with E-state index in [4.69, 9.17) is 4.74 Å². The molecule has 4 rings (SSSR count). The van der Waals surface area contributed by atoms with Crippen LogP contribution in [-0.2, 0) is 6.54 Å². The van der Waals surface area contributed by atoms with Gasteiger partial charge in [0.1, 0.15) is 5.69 Å². The van der Waals surface area contributed by atoms with Crippen molar-refractivity contribution in [3.05, 3.63) is 78.4 Å². The van der Waals surface area contributed by atoms with Crippen molar-refractivity contribution in [3.8, 4) is 17.4 Å². The number of fused-ring (bicyclic) bond motifs is 1. The summed E-state index contributed by atoms with van der Waals surface area (Å²) in [5.41, 5.74) is 4.06. The van der Waals surface area contributed by atoms with E-state index >= 15 is 0 Å². The number of nitrogens with zero attached hydrogens (tertiary/aromatic N) is 3. The van der Waals surface area contributed by atoms with E-state index in [0.29, 0.717) is 12.5 Å². The topological polar surface area (TPSA) is 54.0 Å². The van der Waals surface area contributed by atoms with Gasteiger partial charge in [0, 0.05) is 19.2 Å². The number of aromatic nitrogens is 3. The average Bonchev–Trinajstić information content (AvgIpc) is 3.17. The van der Waals surface area contributed by atoms with Crippen LogP contribution in [0.1, 0.15) is 12.0 Å². The number of nitrogens with one attached hydrogen (secondary N) is 1. The summed E-state index contributed by atoms with van der Waals surface area (Å²) in [6.07, 6.45) is 0.944. The number of H-pyrrole nitrogens is 1. The van der Waals surface area contributed by atoms with Gasteiger partial charge in [-0.1, -0.05) is 48.5 Å². The zero-order valence-corrected chi connectivity index (χ0v) is 16.0. The van der Waals surface area contributed by atoms with Gasteiger partial charge in [-0.25, -0.2) is 9.97 Å². The van der Waals surface area contributed by atoms with Crippen molar-refractivity contribution in [2.24, 2.45) is 0 Å². The molecule has 5 nitrogen and oxygen atoms in total. The number of benzene rings is 2. The van der Waals surface area contributed by atoms with E-state index in [1.807, 2.05) is 48.5 Å². The van der Waals surface area contributed by atoms with Gasteiger partial charge in [-0.3, -0.25) is 0 Å². The standard InChI is InChI=1S/C23H24N4O/c1-27(17-18-9-3-2-4-10-18)15-8-16-28-22-14-7-13-21(24-22)23-25-19-11-5-6-12-20(19)26-23/h2-7,9-14H,8,15-17H2,1H3,(H,25,26). The molecule has 4 aromatic rings. The lowest BCUT2D eigenvalue weighted by Crippen LogP contribution is -2.20. The van der Waals surface area contributed by atoms with Gasteiger partial charge in [0.05, 0.1) is 17.6 Å². The maximum atomic E-state index is 5.86. The highest BCUT2D eigenvalue weighted by Gasteiger charge is 2.07. The first-order valence-electron chi connectivity index (χ1n) is 9.55. The molecule has 0 aliphatic rings. The number of ether oxygens (including phenoxy) is 1. The van der Waals surface area contributed by atoms with Crippen LogP contribution >= 0.6 is 0 Å². The van der Waals surface area contributed by atoms with Gasteiger partial charge in [0.25, 0.3) is 0 Å². The Kier molecular flexibility index (Phi) is 5.64. The molecule has 2 aromatic heterocycles. The first-order chi connectivity index (χ1) is 13.8. The van der Waals surface area contributed by atoms with E-state index in [9.17, 15) is 0 Å². The molecule has 0 saturated heterocycles. The highest BCUT2D eigenvalue weighted by Crippen LogP contribution is 2.20. The Morgan fingerprint density at radius 2 is 1.71 bits per heavy atom. The average molecular weight is 372 g/mol. The Balaban J connectivity index is 1.30. The van der Waals surface area contributed by atoms with Crippen molar-refractivity contribution in [2.45, 2.75) is 13.0 Å². The summed E-state index contributed by atoms with van der Waals surface area (Å²) in [6, 6.07) is 24.3. The first-order valence-corrected chi connectivity index (χ1v) is 9.55. The van der Waals surface area contributed by atoms with Gasteiger partial charge in [-0.2, -0.15) is 0 Å². The number of rotatable bonds is 8. The van der Waals surface area contributed by atoms with Crippen molar-refractivity contribution in [2.75, 3.05) is 20.2 Å². The molecule has 5 heteroatoms. The van der Waals surface area contributed by atoms with Crippen molar-refractivity contribution >= 4 is 11.0 Å². The fourth-order valence-electron chi connectivity index (χ4n) is 3.19. The van der Waals surface area contributed by atoms with Crippen LogP contribution in [0.3, 0.4) is 0 Å². The van der Waals surface area contributed by atoms with E-state index in [1.54, 1.807) is 0 Å². The van der Waals surface area contributed by atoms with E-state index in [0.717, 1.165) is 42.1 Å². The highest BCUT2D eigenvalue weighted by molar-refractivity contribution is 5.78. The number of hydrogen-bond acceptors (Lipinski definition) is 4. The third-order valence-electron chi connectivity index (χ3n) is 4.58. The maximum Gasteiger partial charge on any atom is 0.213 e. The normalized spacial score (nSPS) is 11.2. The third-order valence-corrected chi connectivity index (χ3v) is 4.58. The lowest BCUT2D eigenvalue weighted by molar-refractivity contribution is 0.253. The van der Waals surface area contributed by atoms with E-state index in [-0.39, 0.29) is 0 Å². The van der Waals surface area contributed by atoms with Gasteiger partial charge in [-0.15, -0.1) is 0 Å². The molecule has 0 aliphatic carbocycles. The molecule has 2 aromatic carbocycles. The van der Waals surface area contributed by atoms with Crippen molar-refractivity contribution in [1.82, 2.24) is 19.9 Å². The second-order valence-corrected chi connectivity index (χ2v) is 6.89. The summed E-state index contributed by atoms with van der Waals surface area (Å²) in [7, 11) is 2.13. The number of aromatic amines is 1. The minimum absolute atomic E-state index is 0.628. The predicted octanol–water partition coefficient (Wildman–Crippen LogP) is 4.53. The molecule has 0 aliphatic heterocycles. The number of pyridine rings is 1. The first kappa shape index (κ1) is 18.2. The van der Waals surface area contributed by atoms with Crippen LogP contribution in [0.2, 0.25) is 0 Å². The molecule has 0 spiro atoms. The Morgan fingerprint density at radius 3 is 2.57 bits per heavy atom. The van der Waals surface area contributed by atoms with Gasteiger partial charge in [0.15, 0.2) is 5.82 Å². The smallest absolute Gasteiger partial charge is 0.213 e. The molecule has 142 valence electrons. The molecule has 0 fully saturated rings. The number of imidazole rings is 1. The SMILES string of the molecule is CN(CCCOc1cccc(-c2nc3ccccc3[nH]2)n1)Cc1ccccc1. The van der Waals surface area contributed by atoms with Crippen LogP contribution in [-0.4, -0.2) is 40.1 Å². The van der Waals surface area contributed by atoms with Crippen LogP contribution in [0.4, 0.5) is 0 Å². The van der Waals surface area contributed by atoms with Crippen LogP contribution in [0, 0.1) is 0 Å². The van der Waals surface area contributed by atoms with Crippen LogP contribution in [0.25, 0.3) is 22.6 Å². The van der Waals surface area contributed by atoms with Crippen LogP contribution in [0.5, 0.6) is 5.88 Å². The molecular weight excluding hydrogens is 348 g/mol. The number of para-hydroxylation sites is 2. The Labute approximate surface area is 165 Å². The lowest BCUT2D eigenvalue weighted by Gasteiger charge is -2.16. The Hall–Kier alpha value is -3.18. The molecule has 0 bridgehead atoms. The van der Waals surface area contributed by atoms with E-state index in [1.165, 1.54) is 5.56 Å². The van der Waals surface area contributed by atoms with Crippen LogP contribution in [0.15, 0.2) is 72.8 Å². The van der Waals surface area contributed by atoms with Crippen LogP contribution < -0.4 is 4.74 Å². The summed E-state index contributed by atoms with van der Waals surface area (Å²) in [5.74, 6) is 1.39. The zero-order valence-electron chi connectivity index (χ0n) is 16.0. The molecule has 0 unspecified atom stereocenters. The fraction of sp³-hybridized carbons (Fsp3) is 0.217. The number of hydrogen-bond donors (Lipinski definition) is 1. The second-order valence-electron chi connectivity index (χ2n) is 6.89. The van der Waals surface area contributed by atoms with Gasteiger partial charge >= 0.3 is 0 Å². The summed E-state index contributed by atoms with van der Waals surface area (Å²) in [5, 5.41) is 0. The van der Waals surface area contributed by atoms with Crippen molar-refractivity contribution in [1.29, 1.82) is 0 Å². The van der Waals surface area contributed by atoms with Gasteiger partial charge < -0.3 is 14.6 Å². The lowest BCUT2D eigenvalue weighted by atomic mass is 10.2. The Morgan fingerprint density at radius 1 is 0.893 bits per heavy atom. The Bertz CT molecular complexity index is 996. The minimum Gasteiger partial charge on any atom is -0.478 e. The molecule has 0 radical (unpaired) electrons. The summed E-state index contributed by atoms with van der Waals surface area (Å²) in [4.78, 5) is 14.8. The molecule has 28 heavy (non-hydrogen) atoms. The molecule has 1 N–H and O–H groups in total. The molecule has 0 saturated carbocycles.